The molecule has 1 fully saturated rings. The Morgan fingerprint density at radius 3 is 2.57 bits per heavy atom. The van der Waals surface area contributed by atoms with Gasteiger partial charge < -0.3 is 24.4 Å². The second kappa shape index (κ2) is 7.68. The quantitative estimate of drug-likeness (QED) is 0.773. The minimum Gasteiger partial charge on any atom is -0.388 e. The van der Waals surface area contributed by atoms with Crippen molar-refractivity contribution in [3.8, 4) is 0 Å². The minimum absolute atomic E-state index is 0.283. The van der Waals surface area contributed by atoms with Gasteiger partial charge in [-0.05, 0) is 12.5 Å². The van der Waals surface area contributed by atoms with E-state index in [0.29, 0.717) is 6.61 Å². The van der Waals surface area contributed by atoms with Crippen LogP contribution in [-0.4, -0.2) is 47.5 Å². The van der Waals surface area contributed by atoms with Crippen molar-refractivity contribution in [3.63, 3.8) is 0 Å². The minimum atomic E-state index is -1.06. The van der Waals surface area contributed by atoms with Crippen molar-refractivity contribution in [1.29, 1.82) is 0 Å². The first-order valence-electron chi connectivity index (χ1n) is 7.03. The Bertz CT molecular complexity index is 436. The van der Waals surface area contributed by atoms with Crippen molar-refractivity contribution in [2.75, 3.05) is 6.61 Å². The van der Waals surface area contributed by atoms with E-state index >= 15 is 0 Å². The van der Waals surface area contributed by atoms with E-state index in [0.717, 1.165) is 5.56 Å². The van der Waals surface area contributed by atoms with Gasteiger partial charge in [0.05, 0.1) is 19.3 Å². The summed E-state index contributed by atoms with van der Waals surface area (Å²) < 4.78 is 16.8. The monoisotopic (exact) mass is 294 g/mol. The van der Waals surface area contributed by atoms with Crippen LogP contribution < -0.4 is 0 Å². The van der Waals surface area contributed by atoms with Gasteiger partial charge in [-0.25, -0.2) is 0 Å². The zero-order valence-electron chi connectivity index (χ0n) is 12.1. The lowest BCUT2D eigenvalue weighted by atomic mass is 10.00. The average Bonchev–Trinajstić information content (AvgIpc) is 2.51. The summed E-state index contributed by atoms with van der Waals surface area (Å²) in [5, 5.41) is 20.1. The summed E-state index contributed by atoms with van der Waals surface area (Å²) in [6.45, 7) is 5.86. The molecule has 2 rings (SSSR count). The van der Waals surface area contributed by atoms with Crippen LogP contribution in [-0.2, 0) is 20.8 Å². The van der Waals surface area contributed by atoms with Crippen LogP contribution in [0.1, 0.15) is 12.5 Å². The van der Waals surface area contributed by atoms with Crippen molar-refractivity contribution in [2.24, 2.45) is 0 Å². The van der Waals surface area contributed by atoms with Crippen molar-refractivity contribution in [3.05, 3.63) is 48.6 Å². The second-order valence-corrected chi connectivity index (χ2v) is 5.07. The van der Waals surface area contributed by atoms with E-state index in [-0.39, 0.29) is 6.61 Å². The first-order chi connectivity index (χ1) is 10.1. The highest BCUT2D eigenvalue weighted by Gasteiger charge is 2.44. The molecule has 1 saturated heterocycles. The lowest BCUT2D eigenvalue weighted by molar-refractivity contribution is -0.302. The first kappa shape index (κ1) is 16.1. The highest BCUT2D eigenvalue weighted by Crippen LogP contribution is 2.25. The topological polar surface area (TPSA) is 68.2 Å². The normalized spacial score (nSPS) is 32.8. The molecule has 5 heteroatoms. The highest BCUT2D eigenvalue weighted by molar-refractivity contribution is 5.13. The van der Waals surface area contributed by atoms with Gasteiger partial charge in [0.1, 0.15) is 18.3 Å². The number of hydrogen-bond acceptors (Lipinski definition) is 5. The summed E-state index contributed by atoms with van der Waals surface area (Å²) in [5.74, 6) is 0. The molecule has 1 aliphatic rings. The van der Waals surface area contributed by atoms with E-state index in [1.807, 2.05) is 30.3 Å². The molecule has 1 aliphatic heterocycles. The van der Waals surface area contributed by atoms with Gasteiger partial charge in [0.15, 0.2) is 6.29 Å². The Hall–Kier alpha value is -1.24. The summed E-state index contributed by atoms with van der Waals surface area (Å²) in [6.07, 6.45) is -2.48. The zero-order chi connectivity index (χ0) is 15.2. The summed E-state index contributed by atoms with van der Waals surface area (Å²) in [6, 6.07) is 9.59. The fraction of sp³-hybridized carbons (Fsp3) is 0.500. The Morgan fingerprint density at radius 1 is 1.19 bits per heavy atom. The SMILES string of the molecule is C=CCO[C@H]1O[C@H](C)[C@H](O)[C@H](O)[C@H]1OCc1ccccc1. The molecule has 0 radical (unpaired) electrons. The van der Waals surface area contributed by atoms with Gasteiger partial charge in [0, 0.05) is 0 Å². The van der Waals surface area contributed by atoms with Crippen LogP contribution in [0.2, 0.25) is 0 Å². The highest BCUT2D eigenvalue weighted by atomic mass is 16.7. The maximum absolute atomic E-state index is 10.2. The van der Waals surface area contributed by atoms with Crippen LogP contribution in [0.25, 0.3) is 0 Å². The van der Waals surface area contributed by atoms with Crippen molar-refractivity contribution < 1.29 is 24.4 Å². The Labute approximate surface area is 124 Å². The summed E-state index contributed by atoms with van der Waals surface area (Å²) >= 11 is 0. The van der Waals surface area contributed by atoms with Gasteiger partial charge in [-0.3, -0.25) is 0 Å². The maximum Gasteiger partial charge on any atom is 0.187 e. The molecule has 5 nitrogen and oxygen atoms in total. The van der Waals surface area contributed by atoms with E-state index in [1.54, 1.807) is 13.0 Å². The third-order valence-corrected chi connectivity index (χ3v) is 3.45. The molecule has 21 heavy (non-hydrogen) atoms. The van der Waals surface area contributed by atoms with Gasteiger partial charge >= 0.3 is 0 Å². The predicted octanol–water partition coefficient (Wildman–Crippen LogP) is 1.24. The molecule has 1 heterocycles. The fourth-order valence-electron chi connectivity index (χ4n) is 2.24. The van der Waals surface area contributed by atoms with Gasteiger partial charge in [0.2, 0.25) is 0 Å². The van der Waals surface area contributed by atoms with Crippen LogP contribution in [0.5, 0.6) is 0 Å². The molecule has 0 aromatic heterocycles. The molecule has 5 atom stereocenters. The summed E-state index contributed by atoms with van der Waals surface area (Å²) in [5.41, 5.74) is 0.972. The molecule has 0 unspecified atom stereocenters. The molecule has 0 spiro atoms. The smallest absolute Gasteiger partial charge is 0.187 e. The lowest BCUT2D eigenvalue weighted by Crippen LogP contribution is -2.58. The van der Waals surface area contributed by atoms with Crippen LogP contribution in [0.15, 0.2) is 43.0 Å². The third kappa shape index (κ3) is 4.12. The van der Waals surface area contributed by atoms with E-state index in [4.69, 9.17) is 14.2 Å². The average molecular weight is 294 g/mol. The summed E-state index contributed by atoms with van der Waals surface area (Å²) in [4.78, 5) is 0. The molecular formula is C16H22O5. The van der Waals surface area contributed by atoms with Crippen molar-refractivity contribution >= 4 is 0 Å². The molecule has 0 saturated carbocycles. The number of aliphatic hydroxyl groups is 2. The molecule has 1 aromatic carbocycles. The Morgan fingerprint density at radius 2 is 1.90 bits per heavy atom. The van der Waals surface area contributed by atoms with Crippen LogP contribution >= 0.6 is 0 Å². The van der Waals surface area contributed by atoms with E-state index in [2.05, 4.69) is 6.58 Å². The zero-order valence-corrected chi connectivity index (χ0v) is 12.1. The first-order valence-corrected chi connectivity index (χ1v) is 7.03. The van der Waals surface area contributed by atoms with E-state index in [1.165, 1.54) is 0 Å². The molecule has 0 aliphatic carbocycles. The maximum atomic E-state index is 10.2. The standard InChI is InChI=1S/C16H22O5/c1-3-9-19-16-15(14(18)13(17)11(2)21-16)20-10-12-7-5-4-6-8-12/h3-8,11,13-18H,1,9-10H2,2H3/t11-,13+,14+,15-,16+/m1/s1. The molecule has 116 valence electrons. The fourth-order valence-corrected chi connectivity index (χ4v) is 2.24. The number of benzene rings is 1. The molecular weight excluding hydrogens is 272 g/mol. The number of aliphatic hydroxyl groups excluding tert-OH is 2. The van der Waals surface area contributed by atoms with Crippen LogP contribution in [0.3, 0.4) is 0 Å². The van der Waals surface area contributed by atoms with Gasteiger partial charge in [-0.15, -0.1) is 6.58 Å². The van der Waals surface area contributed by atoms with Crippen LogP contribution in [0, 0.1) is 0 Å². The third-order valence-electron chi connectivity index (χ3n) is 3.45. The van der Waals surface area contributed by atoms with Crippen LogP contribution in [0.4, 0.5) is 0 Å². The van der Waals surface area contributed by atoms with Crippen molar-refractivity contribution in [1.82, 2.24) is 0 Å². The summed E-state index contributed by atoms with van der Waals surface area (Å²) in [7, 11) is 0. The number of hydrogen-bond donors (Lipinski definition) is 2. The molecule has 0 amide bonds. The van der Waals surface area contributed by atoms with E-state index in [9.17, 15) is 10.2 Å². The van der Waals surface area contributed by atoms with Gasteiger partial charge in [-0.1, -0.05) is 36.4 Å². The molecule has 0 bridgehead atoms. The van der Waals surface area contributed by atoms with Gasteiger partial charge in [0.25, 0.3) is 0 Å². The Kier molecular flexibility index (Phi) is 5.90. The number of ether oxygens (including phenoxy) is 3. The second-order valence-electron chi connectivity index (χ2n) is 5.07. The van der Waals surface area contributed by atoms with Crippen molar-refractivity contribution in [2.45, 2.75) is 44.2 Å². The Balaban J connectivity index is 2.02. The van der Waals surface area contributed by atoms with Gasteiger partial charge in [-0.2, -0.15) is 0 Å². The van der Waals surface area contributed by atoms with E-state index < -0.39 is 30.7 Å². The molecule has 1 aromatic rings. The number of rotatable bonds is 6. The predicted molar refractivity (Wildman–Crippen MR) is 77.5 cm³/mol. The largest absolute Gasteiger partial charge is 0.388 e. The molecule has 2 N–H and O–H groups in total. The lowest BCUT2D eigenvalue weighted by Gasteiger charge is -2.41.